The predicted molar refractivity (Wildman–Crippen MR) is 76.3 cm³/mol. The van der Waals surface area contributed by atoms with E-state index in [1.807, 2.05) is 37.3 Å². The van der Waals surface area contributed by atoms with Gasteiger partial charge in [-0.3, -0.25) is 4.79 Å². The lowest BCUT2D eigenvalue weighted by Crippen LogP contribution is -2.46. The molecule has 0 aromatic heterocycles. The molecule has 4 heteroatoms. The largest absolute Gasteiger partial charge is 0.488 e. The Kier molecular flexibility index (Phi) is 3.49. The number of piperidine rings is 1. The van der Waals surface area contributed by atoms with Gasteiger partial charge in [0.2, 0.25) is 0 Å². The van der Waals surface area contributed by atoms with Gasteiger partial charge in [-0.2, -0.15) is 0 Å². The first-order valence-electron chi connectivity index (χ1n) is 7.05. The lowest BCUT2D eigenvalue weighted by molar-refractivity contribution is -0.131. The van der Waals surface area contributed by atoms with E-state index in [4.69, 9.17) is 4.74 Å². The maximum absolute atomic E-state index is 12.5. The fourth-order valence-electron chi connectivity index (χ4n) is 2.68. The van der Waals surface area contributed by atoms with Crippen molar-refractivity contribution in [3.63, 3.8) is 0 Å². The highest BCUT2D eigenvalue weighted by molar-refractivity contribution is 5.99. The second-order valence-corrected chi connectivity index (χ2v) is 5.58. The Hall–Kier alpha value is -1.81. The van der Waals surface area contributed by atoms with E-state index >= 15 is 0 Å². The average Bonchev–Trinajstić information content (AvgIpc) is 2.49. The number of ether oxygens (including phenoxy) is 1. The van der Waals surface area contributed by atoms with Gasteiger partial charge >= 0.3 is 0 Å². The topological polar surface area (TPSA) is 49.8 Å². The Morgan fingerprint density at radius 2 is 2.20 bits per heavy atom. The molecule has 2 aliphatic rings. The van der Waals surface area contributed by atoms with Gasteiger partial charge in [-0.25, -0.2) is 0 Å². The molecular weight excluding hydrogens is 254 g/mol. The first kappa shape index (κ1) is 13.2. The summed E-state index contributed by atoms with van der Waals surface area (Å²) in [7, 11) is 0. The molecule has 106 valence electrons. The average molecular weight is 273 g/mol. The maximum atomic E-state index is 12.5. The number of benzene rings is 1. The van der Waals surface area contributed by atoms with Crippen LogP contribution in [0, 0.1) is 5.92 Å². The molecule has 0 saturated carbocycles. The lowest BCUT2D eigenvalue weighted by Gasteiger charge is -2.35. The van der Waals surface area contributed by atoms with Crippen LogP contribution in [0.25, 0.3) is 6.08 Å². The van der Waals surface area contributed by atoms with E-state index in [0.29, 0.717) is 25.3 Å². The number of nitrogens with zero attached hydrogens (tertiary/aromatic N) is 1. The molecule has 1 saturated heterocycles. The number of likely N-dealkylation sites (tertiary alicyclic amines) is 1. The zero-order chi connectivity index (χ0) is 14.1. The molecule has 2 aliphatic heterocycles. The van der Waals surface area contributed by atoms with Crippen LogP contribution in [0.2, 0.25) is 0 Å². The minimum absolute atomic E-state index is 0.0227. The summed E-state index contributed by atoms with van der Waals surface area (Å²) in [6.07, 6.45) is 2.31. The molecule has 0 bridgehead atoms. The molecule has 20 heavy (non-hydrogen) atoms. The van der Waals surface area contributed by atoms with Crippen LogP contribution in [0.1, 0.15) is 18.9 Å². The van der Waals surface area contributed by atoms with E-state index in [1.165, 1.54) is 0 Å². The Morgan fingerprint density at radius 3 is 3.00 bits per heavy atom. The quantitative estimate of drug-likeness (QED) is 0.847. The second kappa shape index (κ2) is 5.29. The first-order chi connectivity index (χ1) is 9.65. The van der Waals surface area contributed by atoms with Gasteiger partial charge in [0.1, 0.15) is 12.4 Å². The number of carbonyl (C=O) groups is 1. The van der Waals surface area contributed by atoms with Gasteiger partial charge < -0.3 is 14.7 Å². The normalized spacial score (nSPS) is 25.5. The van der Waals surface area contributed by atoms with E-state index in [9.17, 15) is 9.90 Å². The number of fused-ring (bicyclic) bond motifs is 1. The van der Waals surface area contributed by atoms with E-state index in [0.717, 1.165) is 17.7 Å². The van der Waals surface area contributed by atoms with Crippen LogP contribution < -0.4 is 4.74 Å². The molecule has 1 aromatic carbocycles. The van der Waals surface area contributed by atoms with E-state index in [1.54, 1.807) is 4.90 Å². The molecule has 1 N–H and O–H groups in total. The van der Waals surface area contributed by atoms with Gasteiger partial charge in [0.25, 0.3) is 5.91 Å². The minimum atomic E-state index is -0.426. The Balaban J connectivity index is 1.77. The SMILES string of the molecule is CC1CCN(C(=O)C2=Cc3ccccc3OC2)CC1O. The predicted octanol–water partition coefficient (Wildman–Crippen LogP) is 1.69. The highest BCUT2D eigenvalue weighted by atomic mass is 16.5. The number of aliphatic hydroxyl groups excluding tert-OH is 1. The summed E-state index contributed by atoms with van der Waals surface area (Å²) in [5.41, 5.74) is 1.60. The van der Waals surface area contributed by atoms with Crippen molar-refractivity contribution in [2.24, 2.45) is 5.92 Å². The van der Waals surface area contributed by atoms with Crippen molar-refractivity contribution in [2.75, 3.05) is 19.7 Å². The third-order valence-corrected chi connectivity index (χ3v) is 4.11. The van der Waals surface area contributed by atoms with Gasteiger partial charge in [0, 0.05) is 18.7 Å². The van der Waals surface area contributed by atoms with Gasteiger partial charge in [-0.15, -0.1) is 0 Å². The molecule has 3 rings (SSSR count). The molecule has 2 unspecified atom stereocenters. The molecule has 1 amide bonds. The summed E-state index contributed by atoms with van der Waals surface area (Å²) in [6, 6.07) is 7.69. The van der Waals surface area contributed by atoms with Crippen LogP contribution in [-0.4, -0.2) is 41.7 Å². The minimum Gasteiger partial charge on any atom is -0.488 e. The number of rotatable bonds is 1. The number of hydrogen-bond donors (Lipinski definition) is 1. The number of hydrogen-bond acceptors (Lipinski definition) is 3. The monoisotopic (exact) mass is 273 g/mol. The van der Waals surface area contributed by atoms with Gasteiger partial charge in [-0.1, -0.05) is 25.1 Å². The molecule has 2 heterocycles. The molecule has 0 radical (unpaired) electrons. The summed E-state index contributed by atoms with van der Waals surface area (Å²) in [4.78, 5) is 14.2. The summed E-state index contributed by atoms with van der Waals surface area (Å²) < 4.78 is 5.62. The van der Waals surface area contributed by atoms with E-state index in [-0.39, 0.29) is 11.8 Å². The van der Waals surface area contributed by atoms with Crippen LogP contribution in [0.4, 0.5) is 0 Å². The zero-order valence-electron chi connectivity index (χ0n) is 11.6. The smallest absolute Gasteiger partial charge is 0.253 e. The maximum Gasteiger partial charge on any atom is 0.253 e. The molecule has 0 aliphatic carbocycles. The number of β-amino-alcohol motifs (C(OH)–C–C–N with tert-alkyl or cyclic N) is 1. The van der Waals surface area contributed by atoms with Crippen LogP contribution in [0.3, 0.4) is 0 Å². The molecule has 1 fully saturated rings. The number of carbonyl (C=O) groups excluding carboxylic acids is 1. The first-order valence-corrected chi connectivity index (χ1v) is 7.05. The third kappa shape index (κ3) is 2.43. The van der Waals surface area contributed by atoms with Crippen LogP contribution in [0.5, 0.6) is 5.75 Å². The number of amides is 1. The van der Waals surface area contributed by atoms with Gasteiger partial charge in [-0.05, 0) is 24.5 Å². The van der Waals surface area contributed by atoms with Crippen molar-refractivity contribution < 1.29 is 14.6 Å². The summed E-state index contributed by atoms with van der Waals surface area (Å²) >= 11 is 0. The highest BCUT2D eigenvalue weighted by Gasteiger charge is 2.29. The lowest BCUT2D eigenvalue weighted by atomic mass is 9.95. The van der Waals surface area contributed by atoms with E-state index < -0.39 is 6.10 Å². The molecule has 4 nitrogen and oxygen atoms in total. The summed E-state index contributed by atoms with van der Waals surface area (Å²) in [6.45, 7) is 3.44. The fourth-order valence-corrected chi connectivity index (χ4v) is 2.68. The fraction of sp³-hybridized carbons (Fsp3) is 0.438. The Bertz CT molecular complexity index is 552. The van der Waals surface area contributed by atoms with Crippen molar-refractivity contribution in [3.05, 3.63) is 35.4 Å². The Labute approximate surface area is 118 Å². The van der Waals surface area contributed by atoms with Crippen molar-refractivity contribution in [2.45, 2.75) is 19.4 Å². The summed E-state index contributed by atoms with van der Waals surface area (Å²) in [5.74, 6) is 1.05. The third-order valence-electron chi connectivity index (χ3n) is 4.11. The van der Waals surface area contributed by atoms with Gasteiger partial charge in [0.15, 0.2) is 0 Å². The second-order valence-electron chi connectivity index (χ2n) is 5.58. The van der Waals surface area contributed by atoms with Crippen molar-refractivity contribution in [1.29, 1.82) is 0 Å². The highest BCUT2D eigenvalue weighted by Crippen LogP contribution is 2.27. The zero-order valence-corrected chi connectivity index (χ0v) is 11.6. The van der Waals surface area contributed by atoms with Crippen molar-refractivity contribution in [1.82, 2.24) is 4.90 Å². The number of para-hydroxylation sites is 1. The summed E-state index contributed by atoms with van der Waals surface area (Å²) in [5, 5.41) is 9.91. The standard InChI is InChI=1S/C16H19NO3/c1-11-6-7-17(9-14(11)18)16(19)13-8-12-4-2-3-5-15(12)20-10-13/h2-5,8,11,14,18H,6-7,9-10H2,1H3. The van der Waals surface area contributed by atoms with Crippen LogP contribution in [0.15, 0.2) is 29.8 Å². The van der Waals surface area contributed by atoms with Crippen molar-refractivity contribution >= 4 is 12.0 Å². The molecular formula is C16H19NO3. The van der Waals surface area contributed by atoms with Crippen LogP contribution in [-0.2, 0) is 4.79 Å². The Morgan fingerprint density at radius 1 is 1.40 bits per heavy atom. The van der Waals surface area contributed by atoms with E-state index in [2.05, 4.69) is 0 Å². The van der Waals surface area contributed by atoms with Gasteiger partial charge in [0.05, 0.1) is 11.7 Å². The molecule has 1 aromatic rings. The van der Waals surface area contributed by atoms with Crippen molar-refractivity contribution in [3.8, 4) is 5.75 Å². The van der Waals surface area contributed by atoms with Crippen LogP contribution >= 0.6 is 0 Å². The molecule has 2 atom stereocenters. The number of aliphatic hydroxyl groups is 1. The molecule has 0 spiro atoms.